The molecule has 0 saturated heterocycles. The zero-order valence-corrected chi connectivity index (χ0v) is 13.3. The van der Waals surface area contributed by atoms with Gasteiger partial charge in [-0.2, -0.15) is 0 Å². The van der Waals surface area contributed by atoms with E-state index in [0.717, 1.165) is 24.0 Å². The monoisotopic (exact) mass is 324 g/mol. The van der Waals surface area contributed by atoms with Crippen LogP contribution in [0.3, 0.4) is 0 Å². The number of anilines is 1. The number of nitrogens with one attached hydrogen (secondary N) is 2. The standard InChI is InChI=1S/C15H21BrN2O/c1-15(2,3)14(19)17-7-6-10-9-18-13-8-11(16)4-5-12(10)13/h4-5,8,10,18H,6-7,9H2,1-3H3,(H,17,19). The number of halogens is 1. The first kappa shape index (κ1) is 14.4. The first-order valence-electron chi connectivity index (χ1n) is 6.69. The van der Waals surface area contributed by atoms with E-state index in [1.165, 1.54) is 11.3 Å². The second-order valence-electron chi connectivity index (χ2n) is 6.10. The van der Waals surface area contributed by atoms with Gasteiger partial charge in [-0.05, 0) is 24.1 Å². The molecule has 1 unspecified atom stereocenters. The molecule has 1 aliphatic rings. The Balaban J connectivity index is 1.88. The van der Waals surface area contributed by atoms with E-state index >= 15 is 0 Å². The van der Waals surface area contributed by atoms with Gasteiger partial charge < -0.3 is 10.6 Å². The number of carbonyl (C=O) groups excluding carboxylic acids is 1. The average molecular weight is 325 g/mol. The van der Waals surface area contributed by atoms with E-state index in [0.29, 0.717) is 5.92 Å². The lowest BCUT2D eigenvalue weighted by Gasteiger charge is -2.18. The topological polar surface area (TPSA) is 41.1 Å². The Hall–Kier alpha value is -1.03. The maximum absolute atomic E-state index is 11.8. The van der Waals surface area contributed by atoms with Gasteiger partial charge >= 0.3 is 0 Å². The van der Waals surface area contributed by atoms with E-state index < -0.39 is 0 Å². The molecule has 1 atom stereocenters. The minimum Gasteiger partial charge on any atom is -0.384 e. The van der Waals surface area contributed by atoms with E-state index in [1.54, 1.807) is 0 Å². The molecular formula is C15H21BrN2O. The van der Waals surface area contributed by atoms with Gasteiger partial charge in [-0.3, -0.25) is 4.79 Å². The summed E-state index contributed by atoms with van der Waals surface area (Å²) in [7, 11) is 0. The maximum atomic E-state index is 11.8. The third-order valence-corrected chi connectivity index (χ3v) is 3.95. The number of hydrogen-bond acceptors (Lipinski definition) is 2. The highest BCUT2D eigenvalue weighted by molar-refractivity contribution is 9.10. The molecule has 104 valence electrons. The van der Waals surface area contributed by atoms with Crippen LogP contribution in [0.4, 0.5) is 5.69 Å². The third kappa shape index (κ3) is 3.50. The highest BCUT2D eigenvalue weighted by atomic mass is 79.9. The van der Waals surface area contributed by atoms with Gasteiger partial charge in [-0.1, -0.05) is 42.8 Å². The van der Waals surface area contributed by atoms with Gasteiger partial charge in [0.15, 0.2) is 0 Å². The molecule has 1 aromatic rings. The Labute approximate surface area is 123 Å². The zero-order chi connectivity index (χ0) is 14.0. The van der Waals surface area contributed by atoms with Gasteiger partial charge in [-0.15, -0.1) is 0 Å². The Kier molecular flexibility index (Phi) is 4.19. The van der Waals surface area contributed by atoms with Crippen LogP contribution in [0.15, 0.2) is 22.7 Å². The lowest BCUT2D eigenvalue weighted by molar-refractivity contribution is -0.128. The summed E-state index contributed by atoms with van der Waals surface area (Å²) in [5, 5.41) is 6.43. The van der Waals surface area contributed by atoms with Crippen molar-refractivity contribution in [1.82, 2.24) is 5.32 Å². The third-order valence-electron chi connectivity index (χ3n) is 3.45. The van der Waals surface area contributed by atoms with Crippen molar-refractivity contribution in [3.05, 3.63) is 28.2 Å². The van der Waals surface area contributed by atoms with E-state index in [9.17, 15) is 4.79 Å². The second kappa shape index (κ2) is 5.53. The molecule has 2 N–H and O–H groups in total. The number of carbonyl (C=O) groups is 1. The Morgan fingerprint density at radius 2 is 2.21 bits per heavy atom. The van der Waals surface area contributed by atoms with Crippen LogP contribution in [0.5, 0.6) is 0 Å². The summed E-state index contributed by atoms with van der Waals surface area (Å²) in [5.41, 5.74) is 2.26. The van der Waals surface area contributed by atoms with E-state index in [4.69, 9.17) is 0 Å². The van der Waals surface area contributed by atoms with Crippen molar-refractivity contribution in [3.63, 3.8) is 0 Å². The van der Waals surface area contributed by atoms with Crippen LogP contribution in [0.2, 0.25) is 0 Å². The number of benzene rings is 1. The van der Waals surface area contributed by atoms with Gasteiger partial charge in [-0.25, -0.2) is 0 Å². The van der Waals surface area contributed by atoms with Crippen LogP contribution in [0, 0.1) is 5.41 Å². The summed E-state index contributed by atoms with van der Waals surface area (Å²) in [5.74, 6) is 0.609. The van der Waals surface area contributed by atoms with E-state index in [1.807, 2.05) is 20.8 Å². The van der Waals surface area contributed by atoms with Crippen LogP contribution in [-0.2, 0) is 4.79 Å². The van der Waals surface area contributed by atoms with Crippen LogP contribution >= 0.6 is 15.9 Å². The fourth-order valence-corrected chi connectivity index (χ4v) is 2.62. The molecule has 0 bridgehead atoms. The van der Waals surface area contributed by atoms with Crippen molar-refractivity contribution < 1.29 is 4.79 Å². The summed E-state index contributed by atoms with van der Waals surface area (Å²) in [6.07, 6.45) is 0.976. The molecule has 0 spiro atoms. The highest BCUT2D eigenvalue weighted by Gasteiger charge is 2.24. The van der Waals surface area contributed by atoms with Gasteiger partial charge in [0.2, 0.25) is 5.91 Å². The summed E-state index contributed by atoms with van der Waals surface area (Å²) in [4.78, 5) is 11.8. The lowest BCUT2D eigenvalue weighted by Crippen LogP contribution is -2.35. The fourth-order valence-electron chi connectivity index (χ4n) is 2.26. The molecule has 0 aromatic heterocycles. The molecule has 2 rings (SSSR count). The molecule has 4 heteroatoms. The minimum absolute atomic E-state index is 0.120. The van der Waals surface area contributed by atoms with Crippen molar-refractivity contribution in [2.24, 2.45) is 5.41 Å². The fraction of sp³-hybridized carbons (Fsp3) is 0.533. The van der Waals surface area contributed by atoms with Crippen molar-refractivity contribution in [2.75, 3.05) is 18.4 Å². The predicted molar refractivity (Wildman–Crippen MR) is 82.5 cm³/mol. The van der Waals surface area contributed by atoms with Crippen molar-refractivity contribution in [3.8, 4) is 0 Å². The molecule has 1 aromatic carbocycles. The molecule has 1 amide bonds. The summed E-state index contributed by atoms with van der Waals surface area (Å²) >= 11 is 3.48. The molecule has 1 heterocycles. The van der Waals surface area contributed by atoms with Crippen LogP contribution in [-0.4, -0.2) is 19.0 Å². The Morgan fingerprint density at radius 1 is 1.47 bits per heavy atom. The predicted octanol–water partition coefficient (Wildman–Crippen LogP) is 3.51. The molecule has 0 fully saturated rings. The Morgan fingerprint density at radius 3 is 2.89 bits per heavy atom. The average Bonchev–Trinajstić information content (AvgIpc) is 2.70. The van der Waals surface area contributed by atoms with Gasteiger partial charge in [0.05, 0.1) is 0 Å². The molecule has 19 heavy (non-hydrogen) atoms. The largest absolute Gasteiger partial charge is 0.384 e. The SMILES string of the molecule is CC(C)(C)C(=O)NCCC1CNc2cc(Br)ccc21. The number of amides is 1. The quantitative estimate of drug-likeness (QED) is 0.893. The zero-order valence-electron chi connectivity index (χ0n) is 11.7. The number of fused-ring (bicyclic) bond motifs is 1. The number of hydrogen-bond donors (Lipinski definition) is 2. The van der Waals surface area contributed by atoms with E-state index in [-0.39, 0.29) is 11.3 Å². The Bertz CT molecular complexity index is 480. The van der Waals surface area contributed by atoms with Gasteiger partial charge in [0.1, 0.15) is 0 Å². The van der Waals surface area contributed by atoms with Crippen molar-refractivity contribution >= 4 is 27.5 Å². The second-order valence-corrected chi connectivity index (χ2v) is 7.02. The first-order valence-corrected chi connectivity index (χ1v) is 7.49. The smallest absolute Gasteiger partial charge is 0.225 e. The highest BCUT2D eigenvalue weighted by Crippen LogP contribution is 2.35. The van der Waals surface area contributed by atoms with Gasteiger partial charge in [0.25, 0.3) is 0 Å². The maximum Gasteiger partial charge on any atom is 0.225 e. The molecule has 0 radical (unpaired) electrons. The number of rotatable bonds is 3. The first-order chi connectivity index (χ1) is 8.88. The summed E-state index contributed by atoms with van der Waals surface area (Å²) < 4.78 is 1.10. The molecular weight excluding hydrogens is 304 g/mol. The molecule has 1 aliphatic heterocycles. The molecule has 0 aliphatic carbocycles. The molecule has 0 saturated carbocycles. The van der Waals surface area contributed by atoms with Crippen LogP contribution < -0.4 is 10.6 Å². The summed E-state index contributed by atoms with van der Waals surface area (Å²) in [6, 6.07) is 6.35. The van der Waals surface area contributed by atoms with Gasteiger partial charge in [0, 0.05) is 34.6 Å². The van der Waals surface area contributed by atoms with Crippen molar-refractivity contribution in [2.45, 2.75) is 33.1 Å². The van der Waals surface area contributed by atoms with Crippen molar-refractivity contribution in [1.29, 1.82) is 0 Å². The van der Waals surface area contributed by atoms with Crippen LogP contribution in [0.1, 0.15) is 38.7 Å². The van der Waals surface area contributed by atoms with Crippen LogP contribution in [0.25, 0.3) is 0 Å². The normalized spacial score (nSPS) is 17.8. The molecule has 3 nitrogen and oxygen atoms in total. The lowest BCUT2D eigenvalue weighted by atomic mass is 9.94. The summed E-state index contributed by atoms with van der Waals surface area (Å²) in [6.45, 7) is 7.50. The van der Waals surface area contributed by atoms with E-state index in [2.05, 4.69) is 44.8 Å². The minimum atomic E-state index is -0.309.